The SMILES string of the molecule is CCOc1ccc2sc(NC(=O)CSCCN(C)C)nc2c1. The summed E-state index contributed by atoms with van der Waals surface area (Å²) >= 11 is 3.11. The van der Waals surface area contributed by atoms with Gasteiger partial charge in [-0.2, -0.15) is 11.8 Å². The Labute approximate surface area is 139 Å². The van der Waals surface area contributed by atoms with Crippen molar-refractivity contribution in [2.24, 2.45) is 0 Å². The summed E-state index contributed by atoms with van der Waals surface area (Å²) in [6.07, 6.45) is 0. The van der Waals surface area contributed by atoms with Crippen LogP contribution < -0.4 is 10.1 Å². The quantitative estimate of drug-likeness (QED) is 0.750. The average Bonchev–Trinajstić information content (AvgIpc) is 2.85. The summed E-state index contributed by atoms with van der Waals surface area (Å²) in [4.78, 5) is 18.4. The standard InChI is InChI=1S/C15H21N3O2S2/c1-4-20-11-5-6-13-12(9-11)16-15(22-13)17-14(19)10-21-8-7-18(2)3/h5-6,9H,4,7-8,10H2,1-3H3,(H,16,17,19). The molecule has 0 aliphatic rings. The predicted molar refractivity (Wildman–Crippen MR) is 95.3 cm³/mol. The first-order valence-corrected chi connectivity index (χ1v) is 9.11. The van der Waals surface area contributed by atoms with Crippen LogP contribution >= 0.6 is 23.1 Å². The maximum absolute atomic E-state index is 11.9. The maximum Gasteiger partial charge on any atom is 0.236 e. The van der Waals surface area contributed by atoms with Gasteiger partial charge < -0.3 is 15.0 Å². The number of thioether (sulfide) groups is 1. The number of hydrogen-bond acceptors (Lipinski definition) is 6. The van der Waals surface area contributed by atoms with Crippen LogP contribution in [0.25, 0.3) is 10.2 Å². The number of fused-ring (bicyclic) bond motifs is 1. The number of nitrogens with one attached hydrogen (secondary N) is 1. The highest BCUT2D eigenvalue weighted by molar-refractivity contribution is 7.99. The molecular weight excluding hydrogens is 318 g/mol. The van der Waals surface area contributed by atoms with E-state index in [4.69, 9.17) is 4.74 Å². The Morgan fingerprint density at radius 3 is 3.00 bits per heavy atom. The van der Waals surface area contributed by atoms with E-state index in [2.05, 4.69) is 15.2 Å². The third-order valence-corrected chi connectivity index (χ3v) is 4.72. The number of anilines is 1. The van der Waals surface area contributed by atoms with Crippen LogP contribution in [-0.2, 0) is 4.79 Å². The highest BCUT2D eigenvalue weighted by atomic mass is 32.2. The van der Waals surface area contributed by atoms with Gasteiger partial charge in [0.1, 0.15) is 5.75 Å². The monoisotopic (exact) mass is 339 g/mol. The summed E-state index contributed by atoms with van der Waals surface area (Å²) in [6.45, 7) is 3.55. The molecule has 2 rings (SSSR count). The Morgan fingerprint density at radius 1 is 1.45 bits per heavy atom. The Balaban J connectivity index is 1.89. The number of nitrogens with zero attached hydrogens (tertiary/aromatic N) is 2. The summed E-state index contributed by atoms with van der Waals surface area (Å²) < 4.78 is 6.50. The van der Waals surface area contributed by atoms with Gasteiger partial charge in [-0.3, -0.25) is 4.79 Å². The van der Waals surface area contributed by atoms with Crippen molar-refractivity contribution >= 4 is 44.4 Å². The van der Waals surface area contributed by atoms with Gasteiger partial charge in [0.25, 0.3) is 0 Å². The Kier molecular flexibility index (Phi) is 6.48. The van der Waals surface area contributed by atoms with E-state index in [1.165, 1.54) is 11.3 Å². The van der Waals surface area contributed by atoms with Gasteiger partial charge in [-0.25, -0.2) is 4.98 Å². The van der Waals surface area contributed by atoms with Crippen LogP contribution in [0.3, 0.4) is 0 Å². The minimum atomic E-state index is -0.00663. The van der Waals surface area contributed by atoms with Crippen LogP contribution in [0.1, 0.15) is 6.92 Å². The van der Waals surface area contributed by atoms with Crippen molar-refractivity contribution in [3.8, 4) is 5.75 Å². The van der Waals surface area contributed by atoms with E-state index in [-0.39, 0.29) is 5.91 Å². The first-order chi connectivity index (χ1) is 10.6. The summed E-state index contributed by atoms with van der Waals surface area (Å²) in [5.41, 5.74) is 0.853. The zero-order chi connectivity index (χ0) is 15.9. The molecule has 0 aliphatic heterocycles. The molecule has 0 fully saturated rings. The number of thiazole rings is 1. The number of rotatable bonds is 8. The minimum Gasteiger partial charge on any atom is -0.494 e. The smallest absolute Gasteiger partial charge is 0.236 e. The highest BCUT2D eigenvalue weighted by Crippen LogP contribution is 2.29. The molecule has 0 spiro atoms. The van der Waals surface area contributed by atoms with E-state index in [1.54, 1.807) is 11.8 Å². The Bertz CT molecular complexity index is 628. The van der Waals surface area contributed by atoms with Gasteiger partial charge >= 0.3 is 0 Å². The lowest BCUT2D eigenvalue weighted by molar-refractivity contribution is -0.113. The van der Waals surface area contributed by atoms with E-state index >= 15 is 0 Å². The zero-order valence-electron chi connectivity index (χ0n) is 13.1. The molecule has 0 bridgehead atoms. The molecule has 1 aromatic heterocycles. The van der Waals surface area contributed by atoms with Crippen molar-refractivity contribution in [1.82, 2.24) is 9.88 Å². The molecule has 0 saturated carbocycles. The van der Waals surface area contributed by atoms with Gasteiger partial charge in [-0.1, -0.05) is 11.3 Å². The van der Waals surface area contributed by atoms with Gasteiger partial charge in [0.05, 0.1) is 22.6 Å². The molecule has 7 heteroatoms. The lowest BCUT2D eigenvalue weighted by atomic mass is 10.3. The number of aromatic nitrogens is 1. The number of amides is 1. The summed E-state index contributed by atoms with van der Waals surface area (Å²) in [5.74, 6) is 2.19. The van der Waals surface area contributed by atoms with Crippen molar-refractivity contribution in [1.29, 1.82) is 0 Å². The normalized spacial score (nSPS) is 11.1. The van der Waals surface area contributed by atoms with Crippen LogP contribution in [0.2, 0.25) is 0 Å². The van der Waals surface area contributed by atoms with Crippen LogP contribution in [0, 0.1) is 0 Å². The fourth-order valence-corrected chi connectivity index (χ4v) is 3.54. The van der Waals surface area contributed by atoms with Crippen molar-refractivity contribution in [3.05, 3.63) is 18.2 Å². The van der Waals surface area contributed by atoms with Gasteiger partial charge in [0.15, 0.2) is 5.13 Å². The second kappa shape index (κ2) is 8.36. The average molecular weight is 339 g/mol. The van der Waals surface area contributed by atoms with E-state index < -0.39 is 0 Å². The zero-order valence-corrected chi connectivity index (χ0v) is 14.7. The molecule has 1 amide bonds. The predicted octanol–water partition coefficient (Wildman–Crippen LogP) is 2.93. The third kappa shape index (κ3) is 5.15. The van der Waals surface area contributed by atoms with Gasteiger partial charge in [-0.15, -0.1) is 0 Å². The molecule has 1 heterocycles. The third-order valence-electron chi connectivity index (χ3n) is 2.83. The second-order valence-corrected chi connectivity index (χ2v) is 7.12. The van der Waals surface area contributed by atoms with E-state index in [0.29, 0.717) is 17.5 Å². The molecule has 0 radical (unpaired) electrons. The molecule has 1 N–H and O–H groups in total. The molecular formula is C15H21N3O2S2. The van der Waals surface area contributed by atoms with Crippen LogP contribution in [0.5, 0.6) is 5.75 Å². The van der Waals surface area contributed by atoms with Crippen molar-refractivity contribution < 1.29 is 9.53 Å². The fourth-order valence-electron chi connectivity index (χ4n) is 1.78. The van der Waals surface area contributed by atoms with E-state index in [1.807, 2.05) is 39.2 Å². The number of carbonyl (C=O) groups excluding carboxylic acids is 1. The first-order valence-electron chi connectivity index (χ1n) is 7.14. The summed E-state index contributed by atoms with van der Waals surface area (Å²) in [5, 5.41) is 3.50. The first kappa shape index (κ1) is 17.1. The Morgan fingerprint density at radius 2 is 2.27 bits per heavy atom. The van der Waals surface area contributed by atoms with Gasteiger partial charge in [-0.05, 0) is 33.2 Å². The van der Waals surface area contributed by atoms with Crippen LogP contribution in [0.4, 0.5) is 5.13 Å². The maximum atomic E-state index is 11.9. The van der Waals surface area contributed by atoms with Gasteiger partial charge in [0, 0.05) is 18.4 Å². The van der Waals surface area contributed by atoms with Crippen molar-refractivity contribution in [2.75, 3.05) is 44.1 Å². The number of ether oxygens (including phenoxy) is 1. The number of carbonyl (C=O) groups is 1. The lowest BCUT2D eigenvalue weighted by Crippen LogP contribution is -2.18. The highest BCUT2D eigenvalue weighted by Gasteiger charge is 2.09. The topological polar surface area (TPSA) is 54.5 Å². The molecule has 0 unspecified atom stereocenters. The fraction of sp³-hybridized carbons (Fsp3) is 0.467. The minimum absolute atomic E-state index is 0.00663. The molecule has 0 saturated heterocycles. The summed E-state index contributed by atoms with van der Waals surface area (Å²) in [6, 6.07) is 5.79. The van der Waals surface area contributed by atoms with Gasteiger partial charge in [0.2, 0.25) is 5.91 Å². The van der Waals surface area contributed by atoms with E-state index in [0.717, 1.165) is 28.3 Å². The van der Waals surface area contributed by atoms with Crippen molar-refractivity contribution in [2.45, 2.75) is 6.92 Å². The molecule has 22 heavy (non-hydrogen) atoms. The molecule has 0 atom stereocenters. The lowest BCUT2D eigenvalue weighted by Gasteiger charge is -2.08. The van der Waals surface area contributed by atoms with Crippen LogP contribution in [-0.4, -0.2) is 54.5 Å². The molecule has 5 nitrogen and oxygen atoms in total. The van der Waals surface area contributed by atoms with Crippen LogP contribution in [0.15, 0.2) is 18.2 Å². The largest absolute Gasteiger partial charge is 0.494 e. The Hall–Kier alpha value is -1.31. The number of hydrogen-bond donors (Lipinski definition) is 1. The van der Waals surface area contributed by atoms with Crippen molar-refractivity contribution in [3.63, 3.8) is 0 Å². The van der Waals surface area contributed by atoms with E-state index in [9.17, 15) is 4.79 Å². The molecule has 0 aliphatic carbocycles. The molecule has 2 aromatic rings. The number of benzene rings is 1. The summed E-state index contributed by atoms with van der Waals surface area (Å²) in [7, 11) is 4.05. The second-order valence-electron chi connectivity index (χ2n) is 4.99. The molecule has 120 valence electrons. The molecule has 1 aromatic carbocycles.